The van der Waals surface area contributed by atoms with Crippen LogP contribution in [0.4, 0.5) is 0 Å². The van der Waals surface area contributed by atoms with Crippen LogP contribution in [-0.4, -0.2) is 48.2 Å². The number of aliphatic hydroxyl groups is 2. The number of hydrogen-bond acceptors (Lipinski definition) is 6. The molecule has 0 fully saturated rings. The van der Waals surface area contributed by atoms with Gasteiger partial charge in [-0.25, -0.2) is 13.6 Å². The third-order valence-electron chi connectivity index (χ3n) is 5.24. The molecule has 0 saturated heterocycles. The van der Waals surface area contributed by atoms with Crippen molar-refractivity contribution in [1.82, 2.24) is 0 Å². The van der Waals surface area contributed by atoms with Gasteiger partial charge in [-0.05, 0) is 31.2 Å². The molecule has 1 unspecified atom stereocenters. The van der Waals surface area contributed by atoms with E-state index >= 15 is 0 Å². The van der Waals surface area contributed by atoms with E-state index in [0.717, 1.165) is 49.0 Å². The van der Waals surface area contributed by atoms with Crippen LogP contribution < -0.4 is 5.14 Å². The van der Waals surface area contributed by atoms with Crippen molar-refractivity contribution in [3.8, 4) is 0 Å². The van der Waals surface area contributed by atoms with Gasteiger partial charge in [-0.15, -0.1) is 0 Å². The van der Waals surface area contributed by atoms with E-state index in [1.165, 1.54) is 0 Å². The number of aryl methyl sites for hydroxylation is 1. The topological polar surface area (TPSA) is 151 Å². The SMILES string of the molecule is CCCCC(C)[C@H](O)/C=C/[C@@H]1c2cc(CCCCC(=O)O)oc2C[C@H]1O.CS(N)(=O)=O. The third kappa shape index (κ3) is 11.0. The number of hydrogen-bond donors (Lipinski definition) is 4. The fourth-order valence-corrected chi connectivity index (χ4v) is 3.52. The first-order chi connectivity index (χ1) is 14.4. The van der Waals surface area contributed by atoms with E-state index in [1.54, 1.807) is 0 Å². The van der Waals surface area contributed by atoms with Crippen molar-refractivity contribution in [2.75, 3.05) is 6.26 Å². The van der Waals surface area contributed by atoms with Gasteiger partial charge in [0, 0.05) is 30.7 Å². The predicted octanol–water partition coefficient (Wildman–Crippen LogP) is 2.73. The maximum Gasteiger partial charge on any atom is 0.303 e. The second kappa shape index (κ2) is 13.0. The van der Waals surface area contributed by atoms with Gasteiger partial charge in [-0.1, -0.05) is 38.8 Å². The molecule has 0 bridgehead atoms. The molecule has 1 aromatic heterocycles. The summed E-state index contributed by atoms with van der Waals surface area (Å²) in [5.74, 6) is 0.955. The average molecular weight is 460 g/mol. The highest BCUT2D eigenvalue weighted by Crippen LogP contribution is 2.37. The zero-order valence-corrected chi connectivity index (χ0v) is 19.5. The zero-order valence-electron chi connectivity index (χ0n) is 18.7. The molecule has 1 aliphatic carbocycles. The molecule has 178 valence electrons. The Bertz CT molecular complexity index is 808. The van der Waals surface area contributed by atoms with Gasteiger partial charge in [-0.2, -0.15) is 0 Å². The summed E-state index contributed by atoms with van der Waals surface area (Å²) in [6.07, 6.45) is 9.65. The lowest BCUT2D eigenvalue weighted by Gasteiger charge is -2.16. The summed E-state index contributed by atoms with van der Waals surface area (Å²) in [5.41, 5.74) is 0.996. The van der Waals surface area contributed by atoms with E-state index in [9.17, 15) is 23.4 Å². The Morgan fingerprint density at radius 2 is 2.00 bits per heavy atom. The molecular weight excluding hydrogens is 422 g/mol. The fourth-order valence-electron chi connectivity index (χ4n) is 3.52. The van der Waals surface area contributed by atoms with E-state index in [0.29, 0.717) is 19.3 Å². The van der Waals surface area contributed by atoms with E-state index in [1.807, 2.05) is 25.1 Å². The van der Waals surface area contributed by atoms with Crippen LogP contribution in [0.25, 0.3) is 0 Å². The van der Waals surface area contributed by atoms with Gasteiger partial charge >= 0.3 is 5.97 Å². The summed E-state index contributed by atoms with van der Waals surface area (Å²) in [7, 11) is -3.17. The minimum Gasteiger partial charge on any atom is -0.481 e. The zero-order chi connectivity index (χ0) is 23.6. The normalized spacial score (nSPS) is 20.2. The summed E-state index contributed by atoms with van der Waals surface area (Å²) in [4.78, 5) is 10.6. The maximum absolute atomic E-state index is 10.6. The number of rotatable bonds is 11. The molecule has 2 rings (SSSR count). The Hall–Kier alpha value is -1.68. The molecule has 1 aromatic rings. The summed E-state index contributed by atoms with van der Waals surface area (Å²) in [6, 6.07) is 1.98. The lowest BCUT2D eigenvalue weighted by atomic mass is 9.94. The van der Waals surface area contributed by atoms with Crippen LogP contribution in [0.15, 0.2) is 22.6 Å². The first-order valence-electron chi connectivity index (χ1n) is 10.8. The molecule has 1 heterocycles. The van der Waals surface area contributed by atoms with Crippen molar-refractivity contribution in [2.45, 2.75) is 83.3 Å². The lowest BCUT2D eigenvalue weighted by molar-refractivity contribution is -0.137. The highest BCUT2D eigenvalue weighted by Gasteiger charge is 2.33. The lowest BCUT2D eigenvalue weighted by Crippen LogP contribution is -2.16. The standard InChI is InChI=1S/C21H32O5.CH5NO2S/c1-3-4-7-14(2)18(22)11-10-16-17-12-15(8-5-6-9-21(24)25)26-20(17)13-19(16)23;1-5(2,3)4/h10-12,14,16,18-19,22-23H,3-9,13H2,1-2H3,(H,24,25);1H3,(H2,2,3,4)/b11-10+;/t14?,16-,18-,19-;/m1./s1. The van der Waals surface area contributed by atoms with Gasteiger partial charge in [0.2, 0.25) is 10.0 Å². The number of aliphatic carboxylic acids is 1. The molecule has 0 radical (unpaired) electrons. The van der Waals surface area contributed by atoms with Crippen molar-refractivity contribution in [1.29, 1.82) is 0 Å². The number of aliphatic hydroxyl groups excluding tert-OH is 2. The second-order valence-corrected chi connectivity index (χ2v) is 9.97. The number of primary sulfonamides is 1. The summed E-state index contributed by atoms with van der Waals surface area (Å²) in [6.45, 7) is 4.19. The molecule has 9 heteroatoms. The number of nitrogens with two attached hydrogens (primary N) is 1. The molecule has 31 heavy (non-hydrogen) atoms. The average Bonchev–Trinajstić information content (AvgIpc) is 3.16. The molecule has 4 atom stereocenters. The van der Waals surface area contributed by atoms with Gasteiger partial charge < -0.3 is 19.7 Å². The van der Waals surface area contributed by atoms with Crippen molar-refractivity contribution in [3.05, 3.63) is 35.3 Å². The van der Waals surface area contributed by atoms with Crippen molar-refractivity contribution < 1.29 is 32.9 Å². The molecule has 1 aliphatic rings. The molecule has 5 N–H and O–H groups in total. The number of fused-ring (bicyclic) bond motifs is 1. The quantitative estimate of drug-likeness (QED) is 0.293. The van der Waals surface area contributed by atoms with E-state index in [4.69, 9.17) is 9.52 Å². The largest absolute Gasteiger partial charge is 0.481 e. The monoisotopic (exact) mass is 459 g/mol. The Kier molecular flexibility index (Phi) is 11.5. The van der Waals surface area contributed by atoms with Crippen molar-refractivity contribution >= 4 is 16.0 Å². The number of unbranched alkanes of at least 4 members (excludes halogenated alkanes) is 2. The van der Waals surface area contributed by atoms with Gasteiger partial charge in [-0.3, -0.25) is 4.79 Å². The van der Waals surface area contributed by atoms with Gasteiger partial charge in [0.15, 0.2) is 0 Å². The van der Waals surface area contributed by atoms with Crippen molar-refractivity contribution in [3.63, 3.8) is 0 Å². The van der Waals surface area contributed by atoms with Gasteiger partial charge in [0.05, 0.1) is 18.5 Å². The first kappa shape index (κ1) is 27.4. The van der Waals surface area contributed by atoms with Crippen LogP contribution in [-0.2, 0) is 27.7 Å². The summed E-state index contributed by atoms with van der Waals surface area (Å²) < 4.78 is 24.7. The molecule has 8 nitrogen and oxygen atoms in total. The molecule has 0 spiro atoms. The predicted molar refractivity (Wildman–Crippen MR) is 119 cm³/mol. The summed E-state index contributed by atoms with van der Waals surface area (Å²) >= 11 is 0. The number of carboxylic acids is 1. The first-order valence-corrected chi connectivity index (χ1v) is 12.7. The third-order valence-corrected chi connectivity index (χ3v) is 5.24. The minimum atomic E-state index is -3.17. The maximum atomic E-state index is 10.6. The molecular formula is C22H37NO7S. The highest BCUT2D eigenvalue weighted by atomic mass is 32.2. The molecule has 0 saturated carbocycles. The molecule has 0 aromatic carbocycles. The number of carbonyl (C=O) groups is 1. The van der Waals surface area contributed by atoms with Crippen LogP contribution in [0.2, 0.25) is 0 Å². The van der Waals surface area contributed by atoms with E-state index < -0.39 is 28.2 Å². The highest BCUT2D eigenvalue weighted by molar-refractivity contribution is 7.88. The van der Waals surface area contributed by atoms with Crippen LogP contribution in [0, 0.1) is 5.92 Å². The Morgan fingerprint density at radius 3 is 2.58 bits per heavy atom. The van der Waals surface area contributed by atoms with Crippen LogP contribution in [0.3, 0.4) is 0 Å². The van der Waals surface area contributed by atoms with Gasteiger partial charge in [0.25, 0.3) is 0 Å². The van der Waals surface area contributed by atoms with Gasteiger partial charge in [0.1, 0.15) is 11.5 Å². The van der Waals surface area contributed by atoms with Crippen LogP contribution in [0.5, 0.6) is 0 Å². The van der Waals surface area contributed by atoms with Crippen LogP contribution >= 0.6 is 0 Å². The van der Waals surface area contributed by atoms with Crippen LogP contribution in [0.1, 0.15) is 75.4 Å². The number of furan rings is 1. The Morgan fingerprint density at radius 1 is 1.35 bits per heavy atom. The fraction of sp³-hybridized carbons (Fsp3) is 0.682. The number of sulfonamides is 1. The smallest absolute Gasteiger partial charge is 0.303 e. The van der Waals surface area contributed by atoms with Crippen molar-refractivity contribution in [2.24, 2.45) is 11.1 Å². The molecule has 0 amide bonds. The molecule has 0 aliphatic heterocycles. The summed E-state index contributed by atoms with van der Waals surface area (Å²) in [5, 5.41) is 33.6. The Balaban J connectivity index is 0.000000861. The van der Waals surface area contributed by atoms with E-state index in [2.05, 4.69) is 12.1 Å². The van der Waals surface area contributed by atoms with E-state index in [-0.39, 0.29) is 18.3 Å². The number of carboxylic acid groups (broad SMARTS) is 1. The second-order valence-electron chi connectivity index (χ2n) is 8.31. The minimum absolute atomic E-state index is 0.144. The Labute approximate surface area is 185 Å².